The van der Waals surface area contributed by atoms with Crippen LogP contribution in [0.3, 0.4) is 0 Å². The monoisotopic (exact) mass is 276 g/mol. The average Bonchev–Trinajstić information content (AvgIpc) is 2.76. The van der Waals surface area contributed by atoms with Crippen LogP contribution in [0.25, 0.3) is 0 Å². The van der Waals surface area contributed by atoms with E-state index in [9.17, 15) is 4.79 Å². The van der Waals surface area contributed by atoms with E-state index >= 15 is 0 Å². The minimum Gasteiger partial charge on any atom is -0.497 e. The van der Waals surface area contributed by atoms with Crippen molar-refractivity contribution in [2.45, 2.75) is 13.5 Å². The molecule has 0 unspecified atom stereocenters. The molecule has 0 aliphatic carbocycles. The standard InChI is InChI=1S/C14H16N2O2S/c1-9-12(15)7-13(19-9)14(17)16-8-10-4-3-5-11(6-10)18-2/h3-7H,8,15H2,1-2H3,(H,16,17). The van der Waals surface area contributed by atoms with Crippen LogP contribution in [0.2, 0.25) is 0 Å². The van der Waals surface area contributed by atoms with Crippen LogP contribution in [0, 0.1) is 6.92 Å². The zero-order valence-electron chi connectivity index (χ0n) is 10.9. The topological polar surface area (TPSA) is 64.3 Å². The molecule has 0 aliphatic heterocycles. The first-order valence-corrected chi connectivity index (χ1v) is 6.69. The van der Waals surface area contributed by atoms with Gasteiger partial charge >= 0.3 is 0 Å². The van der Waals surface area contributed by atoms with Gasteiger partial charge < -0.3 is 15.8 Å². The summed E-state index contributed by atoms with van der Waals surface area (Å²) >= 11 is 1.40. The van der Waals surface area contributed by atoms with E-state index in [0.29, 0.717) is 17.1 Å². The van der Waals surface area contributed by atoms with Gasteiger partial charge in [-0.3, -0.25) is 4.79 Å². The molecule has 3 N–H and O–H groups in total. The highest BCUT2D eigenvalue weighted by atomic mass is 32.1. The summed E-state index contributed by atoms with van der Waals surface area (Å²) in [5, 5.41) is 2.87. The maximum atomic E-state index is 12.0. The number of amides is 1. The lowest BCUT2D eigenvalue weighted by Gasteiger charge is -2.05. The molecule has 2 rings (SSSR count). The lowest BCUT2D eigenvalue weighted by Crippen LogP contribution is -2.21. The molecule has 0 radical (unpaired) electrons. The van der Waals surface area contributed by atoms with Gasteiger partial charge in [0.15, 0.2) is 0 Å². The Hall–Kier alpha value is -2.01. The summed E-state index contributed by atoms with van der Waals surface area (Å²) in [5.41, 5.74) is 7.40. The smallest absolute Gasteiger partial charge is 0.261 e. The summed E-state index contributed by atoms with van der Waals surface area (Å²) in [6, 6.07) is 9.31. The van der Waals surface area contributed by atoms with Crippen LogP contribution in [0.15, 0.2) is 30.3 Å². The third-order valence-corrected chi connectivity index (χ3v) is 3.83. The Morgan fingerprint density at radius 1 is 1.42 bits per heavy atom. The van der Waals surface area contributed by atoms with Gasteiger partial charge in [-0.05, 0) is 30.7 Å². The van der Waals surface area contributed by atoms with Crippen molar-refractivity contribution in [3.63, 3.8) is 0 Å². The van der Waals surface area contributed by atoms with Crippen LogP contribution in [0.1, 0.15) is 20.1 Å². The van der Waals surface area contributed by atoms with Gasteiger partial charge in [0, 0.05) is 17.1 Å². The number of carbonyl (C=O) groups is 1. The van der Waals surface area contributed by atoms with E-state index < -0.39 is 0 Å². The number of hydrogen-bond donors (Lipinski definition) is 2. The second kappa shape index (κ2) is 5.75. The van der Waals surface area contributed by atoms with E-state index in [1.165, 1.54) is 11.3 Å². The summed E-state index contributed by atoms with van der Waals surface area (Å²) < 4.78 is 5.14. The predicted octanol–water partition coefficient (Wildman–Crippen LogP) is 2.58. The number of ether oxygens (including phenoxy) is 1. The molecule has 0 bridgehead atoms. The second-order valence-corrected chi connectivity index (χ2v) is 5.41. The fourth-order valence-electron chi connectivity index (χ4n) is 1.66. The van der Waals surface area contributed by atoms with E-state index in [4.69, 9.17) is 10.5 Å². The summed E-state index contributed by atoms with van der Waals surface area (Å²) in [4.78, 5) is 13.6. The summed E-state index contributed by atoms with van der Waals surface area (Å²) in [6.45, 7) is 2.37. The Morgan fingerprint density at radius 3 is 2.84 bits per heavy atom. The minimum atomic E-state index is -0.104. The SMILES string of the molecule is COc1cccc(CNC(=O)c2cc(N)c(C)s2)c1. The first kappa shape index (κ1) is 13.4. The van der Waals surface area contributed by atoms with Gasteiger partial charge in [0.2, 0.25) is 0 Å². The minimum absolute atomic E-state index is 0.104. The molecule has 0 aliphatic rings. The number of nitrogens with one attached hydrogen (secondary N) is 1. The summed E-state index contributed by atoms with van der Waals surface area (Å²) in [5.74, 6) is 0.676. The Morgan fingerprint density at radius 2 is 2.21 bits per heavy atom. The molecule has 0 fully saturated rings. The molecule has 100 valence electrons. The van der Waals surface area contributed by atoms with Crippen molar-refractivity contribution < 1.29 is 9.53 Å². The molecule has 4 nitrogen and oxygen atoms in total. The van der Waals surface area contributed by atoms with Crippen molar-refractivity contribution in [3.8, 4) is 5.75 Å². The van der Waals surface area contributed by atoms with Crippen LogP contribution >= 0.6 is 11.3 Å². The number of rotatable bonds is 4. The number of benzene rings is 1. The fraction of sp³-hybridized carbons (Fsp3) is 0.214. The number of aryl methyl sites for hydroxylation is 1. The number of nitrogen functional groups attached to an aromatic ring is 1. The van der Waals surface area contributed by atoms with E-state index in [-0.39, 0.29) is 5.91 Å². The van der Waals surface area contributed by atoms with Crippen molar-refractivity contribution in [3.05, 3.63) is 45.6 Å². The Bertz CT molecular complexity index is 573. The summed E-state index contributed by atoms with van der Waals surface area (Å²) in [7, 11) is 1.62. The molecular weight excluding hydrogens is 260 g/mol. The quantitative estimate of drug-likeness (QED) is 0.902. The Balaban J connectivity index is 2.00. The molecule has 0 spiro atoms. The third kappa shape index (κ3) is 3.26. The first-order chi connectivity index (χ1) is 9.10. The highest BCUT2D eigenvalue weighted by Crippen LogP contribution is 2.23. The molecule has 1 aromatic heterocycles. The lowest BCUT2D eigenvalue weighted by atomic mass is 10.2. The van der Waals surface area contributed by atoms with Gasteiger partial charge in [-0.15, -0.1) is 11.3 Å². The van der Waals surface area contributed by atoms with E-state index in [2.05, 4.69) is 5.32 Å². The number of anilines is 1. The predicted molar refractivity (Wildman–Crippen MR) is 77.6 cm³/mol. The number of carbonyl (C=O) groups excluding carboxylic acids is 1. The Kier molecular flexibility index (Phi) is 4.06. The fourth-order valence-corrected chi connectivity index (χ4v) is 2.52. The molecule has 0 atom stereocenters. The van der Waals surface area contributed by atoms with Crippen molar-refractivity contribution in [1.29, 1.82) is 0 Å². The van der Waals surface area contributed by atoms with Crippen LogP contribution in [-0.2, 0) is 6.54 Å². The number of nitrogens with two attached hydrogens (primary N) is 1. The number of hydrogen-bond acceptors (Lipinski definition) is 4. The molecule has 1 aromatic carbocycles. The van der Waals surface area contributed by atoms with Crippen LogP contribution in [0.4, 0.5) is 5.69 Å². The Labute approximate surface area is 116 Å². The molecule has 1 heterocycles. The van der Waals surface area contributed by atoms with Gasteiger partial charge in [0.25, 0.3) is 5.91 Å². The van der Waals surface area contributed by atoms with Crippen molar-refractivity contribution in [2.24, 2.45) is 0 Å². The van der Waals surface area contributed by atoms with E-state index in [1.807, 2.05) is 31.2 Å². The van der Waals surface area contributed by atoms with Crippen LogP contribution in [0.5, 0.6) is 5.75 Å². The lowest BCUT2D eigenvalue weighted by molar-refractivity contribution is 0.0955. The largest absolute Gasteiger partial charge is 0.497 e. The van der Waals surface area contributed by atoms with Crippen molar-refractivity contribution >= 4 is 22.9 Å². The van der Waals surface area contributed by atoms with E-state index in [1.54, 1.807) is 13.2 Å². The molecule has 5 heteroatoms. The maximum Gasteiger partial charge on any atom is 0.261 e. The van der Waals surface area contributed by atoms with Crippen LogP contribution in [-0.4, -0.2) is 13.0 Å². The molecule has 2 aromatic rings. The van der Waals surface area contributed by atoms with Gasteiger partial charge in [-0.2, -0.15) is 0 Å². The molecular formula is C14H16N2O2S. The zero-order chi connectivity index (χ0) is 13.8. The molecule has 0 saturated heterocycles. The van der Waals surface area contributed by atoms with Gasteiger partial charge in [-0.1, -0.05) is 12.1 Å². The number of methoxy groups -OCH3 is 1. The zero-order valence-corrected chi connectivity index (χ0v) is 11.7. The number of thiophene rings is 1. The van der Waals surface area contributed by atoms with E-state index in [0.717, 1.165) is 16.2 Å². The molecule has 1 amide bonds. The molecule has 19 heavy (non-hydrogen) atoms. The average molecular weight is 276 g/mol. The molecule has 0 saturated carbocycles. The highest BCUT2D eigenvalue weighted by molar-refractivity contribution is 7.14. The highest BCUT2D eigenvalue weighted by Gasteiger charge is 2.10. The van der Waals surface area contributed by atoms with Gasteiger partial charge in [-0.25, -0.2) is 0 Å². The maximum absolute atomic E-state index is 12.0. The van der Waals surface area contributed by atoms with Crippen LogP contribution < -0.4 is 15.8 Å². The van der Waals surface area contributed by atoms with Gasteiger partial charge in [0.05, 0.1) is 12.0 Å². The van der Waals surface area contributed by atoms with Crippen molar-refractivity contribution in [2.75, 3.05) is 12.8 Å². The van der Waals surface area contributed by atoms with Gasteiger partial charge in [0.1, 0.15) is 5.75 Å². The summed E-state index contributed by atoms with van der Waals surface area (Å²) in [6.07, 6.45) is 0. The normalized spacial score (nSPS) is 10.2. The third-order valence-electron chi connectivity index (χ3n) is 2.77. The second-order valence-electron chi connectivity index (χ2n) is 4.16. The first-order valence-electron chi connectivity index (χ1n) is 5.87. The van der Waals surface area contributed by atoms with Crippen molar-refractivity contribution in [1.82, 2.24) is 5.32 Å².